The highest BCUT2D eigenvalue weighted by atomic mass is 19.3. The van der Waals surface area contributed by atoms with Gasteiger partial charge >= 0.3 is 0 Å². The summed E-state index contributed by atoms with van der Waals surface area (Å²) in [5.41, 5.74) is 0.170. The molecule has 0 aromatic carbocycles. The number of hydrogen-bond acceptors (Lipinski definition) is 2. The van der Waals surface area contributed by atoms with E-state index in [-0.39, 0.29) is 5.56 Å². The molecule has 0 N–H and O–H groups in total. The zero-order chi connectivity index (χ0) is 9.64. The molecule has 1 saturated carbocycles. The maximum absolute atomic E-state index is 12.5. The van der Waals surface area contributed by atoms with Crippen LogP contribution in [0.15, 0.2) is 12.4 Å². The van der Waals surface area contributed by atoms with E-state index in [1.807, 2.05) is 0 Å². The number of nitrogens with zero attached hydrogens (tertiary/aromatic N) is 2. The van der Waals surface area contributed by atoms with Crippen molar-refractivity contribution in [1.82, 2.24) is 9.97 Å². The molecule has 1 aliphatic carbocycles. The van der Waals surface area contributed by atoms with Crippen LogP contribution in [-0.4, -0.2) is 22.1 Å². The number of aromatic nitrogens is 2. The lowest BCUT2D eigenvalue weighted by atomic mass is 10.2. The van der Waals surface area contributed by atoms with Gasteiger partial charge in [-0.05, 0) is 6.92 Å². The lowest BCUT2D eigenvalue weighted by Crippen LogP contribution is -1.96. The summed E-state index contributed by atoms with van der Waals surface area (Å²) in [5.74, 6) is -4.07. The summed E-state index contributed by atoms with van der Waals surface area (Å²) in [6.45, 7) is 1.64. The van der Waals surface area contributed by atoms with Crippen molar-refractivity contribution < 1.29 is 13.2 Å². The Labute approximate surface area is 72.8 Å². The van der Waals surface area contributed by atoms with Crippen LogP contribution in [0.4, 0.5) is 13.2 Å². The third-order valence-electron chi connectivity index (χ3n) is 2.13. The normalized spacial score (nSPS) is 30.2. The van der Waals surface area contributed by atoms with Gasteiger partial charge in [-0.15, -0.1) is 0 Å². The first-order valence-electron chi connectivity index (χ1n) is 3.84. The van der Waals surface area contributed by atoms with Crippen LogP contribution < -0.4 is 0 Å². The average Bonchev–Trinajstić information content (AvgIpc) is 2.55. The Hall–Kier alpha value is -1.13. The Morgan fingerprint density at radius 3 is 2.15 bits per heavy atom. The largest absolute Gasteiger partial charge is 0.289 e. The summed E-state index contributed by atoms with van der Waals surface area (Å²) in [7, 11) is 0. The molecular weight excluding hydrogens is 181 g/mol. The molecule has 0 spiro atoms. The number of aryl methyl sites for hydroxylation is 1. The first-order valence-corrected chi connectivity index (χ1v) is 3.84. The Morgan fingerprint density at radius 1 is 1.31 bits per heavy atom. The highest BCUT2D eigenvalue weighted by molar-refractivity contribution is 5.30. The second kappa shape index (κ2) is 2.43. The van der Waals surface area contributed by atoms with Crippen LogP contribution in [0, 0.1) is 6.92 Å². The van der Waals surface area contributed by atoms with Crippen molar-refractivity contribution >= 4 is 0 Å². The van der Waals surface area contributed by atoms with E-state index >= 15 is 0 Å². The van der Waals surface area contributed by atoms with Crippen LogP contribution in [0.3, 0.4) is 0 Å². The summed E-state index contributed by atoms with van der Waals surface area (Å²) in [5, 5.41) is 0. The number of alkyl halides is 3. The molecule has 0 aliphatic heterocycles. The van der Waals surface area contributed by atoms with Crippen LogP contribution in [0.2, 0.25) is 0 Å². The second-order valence-corrected chi connectivity index (χ2v) is 3.12. The highest BCUT2D eigenvalue weighted by Crippen LogP contribution is 2.57. The fourth-order valence-electron chi connectivity index (χ4n) is 1.24. The molecule has 2 unspecified atom stereocenters. The van der Waals surface area contributed by atoms with Crippen LogP contribution in [0.5, 0.6) is 0 Å². The summed E-state index contributed by atoms with van der Waals surface area (Å²) in [6, 6.07) is 0. The summed E-state index contributed by atoms with van der Waals surface area (Å²) >= 11 is 0. The first-order chi connectivity index (χ1) is 6.03. The molecule has 1 aromatic heterocycles. The molecule has 1 aliphatic rings. The fourth-order valence-corrected chi connectivity index (χ4v) is 1.24. The van der Waals surface area contributed by atoms with E-state index in [1.54, 1.807) is 6.92 Å². The Bertz CT molecular complexity index is 323. The van der Waals surface area contributed by atoms with E-state index in [4.69, 9.17) is 0 Å². The summed E-state index contributed by atoms with van der Waals surface area (Å²) < 4.78 is 37.6. The number of rotatable bonds is 1. The van der Waals surface area contributed by atoms with Gasteiger partial charge in [-0.2, -0.15) is 0 Å². The zero-order valence-electron chi connectivity index (χ0n) is 6.84. The van der Waals surface area contributed by atoms with Crippen molar-refractivity contribution in [3.63, 3.8) is 0 Å². The van der Waals surface area contributed by atoms with Crippen LogP contribution >= 0.6 is 0 Å². The summed E-state index contributed by atoms with van der Waals surface area (Å²) in [4.78, 5) is 7.46. The van der Waals surface area contributed by atoms with E-state index in [9.17, 15) is 13.2 Å². The van der Waals surface area contributed by atoms with Gasteiger partial charge in [-0.3, -0.25) is 0 Å². The topological polar surface area (TPSA) is 25.8 Å². The smallest absolute Gasteiger partial charge is 0.241 e. The fraction of sp³-hybridized carbons (Fsp3) is 0.500. The van der Waals surface area contributed by atoms with Gasteiger partial charge in [0.05, 0.1) is 5.92 Å². The van der Waals surface area contributed by atoms with E-state index in [0.717, 1.165) is 0 Å². The van der Waals surface area contributed by atoms with Crippen molar-refractivity contribution in [2.45, 2.75) is 24.9 Å². The third kappa shape index (κ3) is 1.18. The Kier molecular flexibility index (Phi) is 1.58. The van der Waals surface area contributed by atoms with Crippen LogP contribution in [-0.2, 0) is 0 Å². The van der Waals surface area contributed by atoms with Crippen molar-refractivity contribution in [2.75, 3.05) is 0 Å². The van der Waals surface area contributed by atoms with E-state index < -0.39 is 18.0 Å². The lowest BCUT2D eigenvalue weighted by molar-refractivity contribution is 0.0827. The minimum absolute atomic E-state index is 0.170. The molecule has 2 rings (SSSR count). The first kappa shape index (κ1) is 8.47. The molecule has 0 radical (unpaired) electrons. The van der Waals surface area contributed by atoms with Gasteiger partial charge in [0.15, 0.2) is 6.17 Å². The van der Waals surface area contributed by atoms with Gasteiger partial charge in [0, 0.05) is 18.0 Å². The van der Waals surface area contributed by atoms with Gasteiger partial charge in [-0.25, -0.2) is 23.1 Å². The number of halogens is 3. The van der Waals surface area contributed by atoms with Crippen LogP contribution in [0.1, 0.15) is 17.3 Å². The van der Waals surface area contributed by atoms with Crippen molar-refractivity contribution in [3.05, 3.63) is 23.8 Å². The molecule has 70 valence electrons. The Morgan fingerprint density at radius 2 is 1.77 bits per heavy atom. The molecular formula is C8H7F3N2. The monoisotopic (exact) mass is 188 g/mol. The van der Waals surface area contributed by atoms with Gasteiger partial charge in [0.1, 0.15) is 5.82 Å². The standard InChI is InChI=1S/C8H7F3N2/c1-4-12-2-5(3-13-4)6-7(9)8(6,10)11/h2-3,6-7H,1H3. The van der Waals surface area contributed by atoms with Gasteiger partial charge in [-0.1, -0.05) is 0 Å². The van der Waals surface area contributed by atoms with E-state index in [0.29, 0.717) is 5.82 Å². The van der Waals surface area contributed by atoms with Gasteiger partial charge in [0.2, 0.25) is 0 Å². The Balaban J connectivity index is 2.25. The minimum atomic E-state index is -3.22. The minimum Gasteiger partial charge on any atom is -0.241 e. The molecule has 0 amide bonds. The average molecular weight is 188 g/mol. The molecule has 2 atom stereocenters. The molecule has 13 heavy (non-hydrogen) atoms. The maximum Gasteiger partial charge on any atom is 0.289 e. The van der Waals surface area contributed by atoms with Gasteiger partial charge < -0.3 is 0 Å². The molecule has 1 heterocycles. The molecule has 1 aromatic rings. The predicted molar refractivity (Wildman–Crippen MR) is 39.4 cm³/mol. The molecule has 1 fully saturated rings. The van der Waals surface area contributed by atoms with Crippen molar-refractivity contribution in [1.29, 1.82) is 0 Å². The van der Waals surface area contributed by atoms with E-state index in [2.05, 4.69) is 9.97 Å². The molecule has 2 nitrogen and oxygen atoms in total. The summed E-state index contributed by atoms with van der Waals surface area (Å²) in [6.07, 6.45) is 0.430. The lowest BCUT2D eigenvalue weighted by Gasteiger charge is -1.96. The van der Waals surface area contributed by atoms with Crippen molar-refractivity contribution in [3.8, 4) is 0 Å². The molecule has 0 bridgehead atoms. The molecule has 0 saturated heterocycles. The predicted octanol–water partition coefficient (Wildman–Crippen LogP) is 1.86. The quantitative estimate of drug-likeness (QED) is 0.672. The van der Waals surface area contributed by atoms with Gasteiger partial charge in [0.25, 0.3) is 5.92 Å². The number of hydrogen-bond donors (Lipinski definition) is 0. The molecule has 5 heteroatoms. The third-order valence-corrected chi connectivity index (χ3v) is 2.13. The second-order valence-electron chi connectivity index (χ2n) is 3.12. The maximum atomic E-state index is 12.5. The van der Waals surface area contributed by atoms with E-state index in [1.165, 1.54) is 12.4 Å². The highest BCUT2D eigenvalue weighted by Gasteiger charge is 2.70. The SMILES string of the molecule is Cc1ncc(C2C(F)C2(F)F)cn1. The van der Waals surface area contributed by atoms with Crippen LogP contribution in [0.25, 0.3) is 0 Å². The van der Waals surface area contributed by atoms with Crippen molar-refractivity contribution in [2.24, 2.45) is 0 Å². The zero-order valence-corrected chi connectivity index (χ0v) is 6.84.